The van der Waals surface area contributed by atoms with E-state index in [2.05, 4.69) is 4.98 Å². The van der Waals surface area contributed by atoms with Gasteiger partial charge in [0, 0.05) is 24.2 Å². The Labute approximate surface area is 112 Å². The third-order valence-electron chi connectivity index (χ3n) is 2.77. The minimum Gasteiger partial charge on any atom is -0.266 e. The predicted octanol–water partition coefficient (Wildman–Crippen LogP) is 2.82. The van der Waals surface area contributed by atoms with Crippen LogP contribution in [0.1, 0.15) is 19.5 Å². The number of aromatic nitrogens is 3. The fourth-order valence-corrected chi connectivity index (χ4v) is 1.98. The molecule has 0 saturated heterocycles. The van der Waals surface area contributed by atoms with Crippen molar-refractivity contribution in [1.82, 2.24) is 14.0 Å². The van der Waals surface area contributed by atoms with Gasteiger partial charge in [-0.25, -0.2) is 9.78 Å². The molecule has 3 aromatic rings. The van der Waals surface area contributed by atoms with E-state index in [1.165, 1.54) is 0 Å². The molecule has 0 saturated carbocycles. The highest BCUT2D eigenvalue weighted by atomic mass is 16.1. The number of hydrogen-bond donors (Lipinski definition) is 0. The first-order chi connectivity index (χ1) is 9.27. The predicted molar refractivity (Wildman–Crippen MR) is 76.9 cm³/mol. The molecular weight excluding hydrogens is 238 g/mol. The summed E-state index contributed by atoms with van der Waals surface area (Å²) < 4.78 is 3.22. The third-order valence-corrected chi connectivity index (χ3v) is 2.77. The summed E-state index contributed by atoms with van der Waals surface area (Å²) in [7, 11) is 0. The maximum atomic E-state index is 12.3. The summed E-state index contributed by atoms with van der Waals surface area (Å²) in [5, 5.41) is 0. The molecule has 4 heteroatoms. The Bertz CT molecular complexity index is 726. The number of fused-ring (bicyclic) bond motifs is 1. The van der Waals surface area contributed by atoms with Gasteiger partial charge >= 0.3 is 5.69 Å². The van der Waals surface area contributed by atoms with Gasteiger partial charge in [0.15, 0.2) is 0 Å². The summed E-state index contributed by atoms with van der Waals surface area (Å²) in [5.41, 5.74) is 2.33. The quantitative estimate of drug-likeness (QED) is 0.670. The van der Waals surface area contributed by atoms with Gasteiger partial charge < -0.3 is 0 Å². The molecule has 2 heterocycles. The van der Waals surface area contributed by atoms with E-state index in [1.54, 1.807) is 21.4 Å². The average molecular weight is 255 g/mol. The molecule has 4 nitrogen and oxygen atoms in total. The summed E-state index contributed by atoms with van der Waals surface area (Å²) >= 11 is 0. The molecule has 19 heavy (non-hydrogen) atoms. The van der Waals surface area contributed by atoms with Crippen LogP contribution in [-0.2, 0) is 0 Å². The topological polar surface area (TPSA) is 39.3 Å². The second-order valence-electron chi connectivity index (χ2n) is 3.89. The number of imidazole rings is 1. The van der Waals surface area contributed by atoms with Crippen LogP contribution in [0.25, 0.3) is 11.3 Å². The summed E-state index contributed by atoms with van der Waals surface area (Å²) in [4.78, 5) is 16.4. The summed E-state index contributed by atoms with van der Waals surface area (Å²) in [6, 6.07) is 11.5. The van der Waals surface area contributed by atoms with Crippen molar-refractivity contribution in [3.8, 4) is 5.69 Å². The van der Waals surface area contributed by atoms with Crippen molar-refractivity contribution in [2.45, 2.75) is 20.8 Å². The van der Waals surface area contributed by atoms with E-state index in [9.17, 15) is 4.79 Å². The maximum absolute atomic E-state index is 12.3. The molecule has 0 atom stereocenters. The highest BCUT2D eigenvalue weighted by Gasteiger charge is 2.07. The van der Waals surface area contributed by atoms with Gasteiger partial charge in [-0.15, -0.1) is 0 Å². The lowest BCUT2D eigenvalue weighted by atomic mass is 10.3. The summed E-state index contributed by atoms with van der Waals surface area (Å²) in [5.74, 6) is 0. The van der Waals surface area contributed by atoms with E-state index in [1.807, 2.05) is 57.2 Å². The molecule has 98 valence electrons. The Kier molecular flexibility index (Phi) is 3.80. The van der Waals surface area contributed by atoms with Crippen LogP contribution in [-0.4, -0.2) is 14.0 Å². The number of nitrogens with zero attached hydrogens (tertiary/aromatic N) is 3. The van der Waals surface area contributed by atoms with Crippen LogP contribution in [0.5, 0.6) is 0 Å². The van der Waals surface area contributed by atoms with Crippen molar-refractivity contribution in [2.75, 3.05) is 0 Å². The third kappa shape index (κ3) is 2.29. The second-order valence-corrected chi connectivity index (χ2v) is 3.89. The lowest BCUT2D eigenvalue weighted by molar-refractivity contribution is 0.846. The molecular formula is C15H17N3O. The minimum atomic E-state index is -0.0938. The molecule has 0 aliphatic carbocycles. The van der Waals surface area contributed by atoms with Crippen molar-refractivity contribution < 1.29 is 0 Å². The molecule has 2 aromatic heterocycles. The molecule has 0 fully saturated rings. The molecule has 0 aliphatic heterocycles. The maximum Gasteiger partial charge on any atom is 0.338 e. The van der Waals surface area contributed by atoms with Crippen molar-refractivity contribution in [1.29, 1.82) is 0 Å². The van der Waals surface area contributed by atoms with E-state index < -0.39 is 0 Å². The largest absolute Gasteiger partial charge is 0.338 e. The van der Waals surface area contributed by atoms with E-state index >= 15 is 0 Å². The van der Waals surface area contributed by atoms with E-state index in [-0.39, 0.29) is 5.69 Å². The van der Waals surface area contributed by atoms with Crippen molar-refractivity contribution >= 4 is 5.65 Å². The SMILES string of the molecule is CC.Cc1cc2nccn2c(=O)n1-c1ccccc1. The number of para-hydroxylation sites is 1. The zero-order chi connectivity index (χ0) is 13.8. The highest BCUT2D eigenvalue weighted by molar-refractivity contribution is 5.42. The van der Waals surface area contributed by atoms with Crippen LogP contribution < -0.4 is 5.69 Å². The Hall–Kier alpha value is -2.36. The van der Waals surface area contributed by atoms with Crippen LogP contribution >= 0.6 is 0 Å². The van der Waals surface area contributed by atoms with Crippen LogP contribution in [0.4, 0.5) is 0 Å². The van der Waals surface area contributed by atoms with Gasteiger partial charge in [0.05, 0.1) is 5.69 Å². The smallest absolute Gasteiger partial charge is 0.266 e. The fourth-order valence-electron chi connectivity index (χ4n) is 1.98. The first kappa shape index (κ1) is 13.1. The van der Waals surface area contributed by atoms with Gasteiger partial charge in [-0.1, -0.05) is 32.0 Å². The van der Waals surface area contributed by atoms with Gasteiger partial charge in [-0.2, -0.15) is 0 Å². The Morgan fingerprint density at radius 2 is 1.79 bits per heavy atom. The summed E-state index contributed by atoms with van der Waals surface area (Å²) in [6.07, 6.45) is 3.31. The molecule has 0 N–H and O–H groups in total. The second kappa shape index (κ2) is 5.52. The minimum absolute atomic E-state index is 0.0938. The van der Waals surface area contributed by atoms with Gasteiger partial charge in [0.1, 0.15) is 5.65 Å². The van der Waals surface area contributed by atoms with Crippen molar-refractivity contribution in [3.63, 3.8) is 0 Å². The monoisotopic (exact) mass is 255 g/mol. The number of hydrogen-bond acceptors (Lipinski definition) is 2. The number of benzene rings is 1. The molecule has 3 rings (SSSR count). The molecule has 0 aliphatic rings. The van der Waals surface area contributed by atoms with E-state index in [4.69, 9.17) is 0 Å². The lowest BCUT2D eigenvalue weighted by Crippen LogP contribution is -2.26. The average Bonchev–Trinajstić information content (AvgIpc) is 2.91. The highest BCUT2D eigenvalue weighted by Crippen LogP contribution is 2.09. The normalized spacial score (nSPS) is 10.1. The first-order valence-corrected chi connectivity index (χ1v) is 6.38. The van der Waals surface area contributed by atoms with Gasteiger partial charge in [-0.05, 0) is 19.1 Å². The Morgan fingerprint density at radius 1 is 1.11 bits per heavy atom. The van der Waals surface area contributed by atoms with E-state index in [0.29, 0.717) is 5.65 Å². The molecule has 0 unspecified atom stereocenters. The van der Waals surface area contributed by atoms with Crippen LogP contribution in [0.3, 0.4) is 0 Å². The van der Waals surface area contributed by atoms with Crippen LogP contribution in [0.15, 0.2) is 53.6 Å². The van der Waals surface area contributed by atoms with Gasteiger partial charge in [0.2, 0.25) is 0 Å². The standard InChI is InChI=1S/C13H11N3O.C2H6/c1-10-9-12-14-7-8-15(12)13(17)16(10)11-5-3-2-4-6-11;1-2/h2-9H,1H3;1-2H3. The first-order valence-electron chi connectivity index (χ1n) is 6.38. The molecule has 0 spiro atoms. The number of aryl methyl sites for hydroxylation is 1. The van der Waals surface area contributed by atoms with Crippen molar-refractivity contribution in [3.05, 3.63) is 65.0 Å². The Morgan fingerprint density at radius 3 is 2.47 bits per heavy atom. The van der Waals surface area contributed by atoms with Crippen LogP contribution in [0, 0.1) is 6.92 Å². The molecule has 0 amide bonds. The van der Waals surface area contributed by atoms with Gasteiger partial charge in [-0.3, -0.25) is 8.97 Å². The molecule has 0 radical (unpaired) electrons. The molecule has 0 bridgehead atoms. The zero-order valence-electron chi connectivity index (χ0n) is 11.4. The van der Waals surface area contributed by atoms with Gasteiger partial charge in [0.25, 0.3) is 0 Å². The Balaban J connectivity index is 0.000000637. The van der Waals surface area contributed by atoms with Crippen LogP contribution in [0.2, 0.25) is 0 Å². The molecule has 1 aromatic carbocycles. The fraction of sp³-hybridized carbons (Fsp3) is 0.200. The number of rotatable bonds is 1. The zero-order valence-corrected chi connectivity index (χ0v) is 11.4. The van der Waals surface area contributed by atoms with Crippen molar-refractivity contribution in [2.24, 2.45) is 0 Å². The summed E-state index contributed by atoms with van der Waals surface area (Å²) in [6.45, 7) is 5.91. The lowest BCUT2D eigenvalue weighted by Gasteiger charge is -2.09. The van der Waals surface area contributed by atoms with E-state index in [0.717, 1.165) is 11.4 Å².